The molecule has 2 fully saturated rings. The summed E-state index contributed by atoms with van der Waals surface area (Å²) in [5.74, 6) is -2.47. The Labute approximate surface area is 347 Å². The molecule has 306 valence electrons. The maximum absolute atomic E-state index is 15.3. The Morgan fingerprint density at radius 2 is 1.63 bits per heavy atom. The summed E-state index contributed by atoms with van der Waals surface area (Å²) in [6.07, 6.45) is 1.72. The van der Waals surface area contributed by atoms with E-state index in [9.17, 15) is 24.3 Å². The van der Waals surface area contributed by atoms with Gasteiger partial charge in [0, 0.05) is 48.6 Å². The number of hydrazine groups is 1. The molecule has 60 heavy (non-hydrogen) atoms. The molecule has 0 bridgehead atoms. The van der Waals surface area contributed by atoms with E-state index in [1.165, 1.54) is 40.3 Å². The van der Waals surface area contributed by atoms with Crippen molar-refractivity contribution in [3.63, 3.8) is 0 Å². The lowest BCUT2D eigenvalue weighted by atomic mass is 9.53. The monoisotopic (exact) mass is 829 g/mol. The van der Waals surface area contributed by atoms with Gasteiger partial charge in [-0.3, -0.25) is 19.8 Å². The number of imide groups is 1. The fraction of sp³-hybridized carbons (Fsp3) is 0.273. The molecule has 15 nitrogen and oxygen atoms in total. The highest BCUT2D eigenvalue weighted by atomic mass is 35.5. The van der Waals surface area contributed by atoms with Crippen LogP contribution in [0.5, 0.6) is 17.2 Å². The van der Waals surface area contributed by atoms with Crippen molar-refractivity contribution < 1.29 is 24.2 Å². The number of rotatable bonds is 9. The van der Waals surface area contributed by atoms with Crippen molar-refractivity contribution >= 4 is 40.1 Å². The summed E-state index contributed by atoms with van der Waals surface area (Å²) in [7, 11) is 4.59. The van der Waals surface area contributed by atoms with Gasteiger partial charge in [-0.15, -0.1) is 0 Å². The number of carbonyl (C=O) groups is 2. The first-order valence-corrected chi connectivity index (χ1v) is 19.8. The number of anilines is 1. The molecule has 9 rings (SSSR count). The van der Waals surface area contributed by atoms with E-state index in [-0.39, 0.29) is 37.4 Å². The van der Waals surface area contributed by atoms with Gasteiger partial charge in [0.15, 0.2) is 11.5 Å². The quantitative estimate of drug-likeness (QED) is 0.155. The molecule has 2 aromatic heterocycles. The van der Waals surface area contributed by atoms with Crippen molar-refractivity contribution in [1.29, 1.82) is 0 Å². The molecule has 3 aliphatic rings. The highest BCUT2D eigenvalue weighted by Gasteiger charge is 2.69. The normalized spacial score (nSPS) is 20.7. The molecule has 4 atom stereocenters. The molecule has 4 heterocycles. The lowest BCUT2D eigenvalue weighted by Gasteiger charge is -2.49. The van der Waals surface area contributed by atoms with E-state index in [0.717, 1.165) is 15.1 Å². The standard InChI is InChI=1S/C44H40ClN7O8/c1-24-10-13-27(14-11-24)47-51-39(54)30-21-33-28(38(29-20-26(45)12-15-35(29)53)44(30,41(51)56)25-8-6-5-7-9-25)16-19-50-42(57)49(43(58)52(33)50)18-17-31-40(55)48(2)34-23-37(60-4)36(59-3)22-32(34)46-31/h5-16,20,22-23,30,33,38,47,53H,17-19,21H2,1-4H3. The van der Waals surface area contributed by atoms with Crippen molar-refractivity contribution in [2.24, 2.45) is 13.0 Å². The number of fused-ring (bicyclic) bond motifs is 5. The van der Waals surface area contributed by atoms with Crippen molar-refractivity contribution in [3.05, 3.63) is 155 Å². The van der Waals surface area contributed by atoms with E-state index in [1.54, 1.807) is 67.7 Å². The Balaban J connectivity index is 1.17. The number of nitrogens with zero attached hydrogens (tertiary/aromatic N) is 6. The van der Waals surface area contributed by atoms with Gasteiger partial charge in [0.1, 0.15) is 11.4 Å². The molecule has 2 amide bonds. The van der Waals surface area contributed by atoms with Gasteiger partial charge in [-0.05, 0) is 54.8 Å². The molecule has 1 saturated carbocycles. The summed E-state index contributed by atoms with van der Waals surface area (Å²) in [6, 6.07) is 23.2. The summed E-state index contributed by atoms with van der Waals surface area (Å²) in [5.41, 5.74) is 3.78. The highest BCUT2D eigenvalue weighted by molar-refractivity contribution is 6.30. The van der Waals surface area contributed by atoms with Crippen LogP contribution in [0.1, 0.15) is 40.8 Å². The van der Waals surface area contributed by atoms with Gasteiger partial charge in [-0.25, -0.2) is 28.5 Å². The van der Waals surface area contributed by atoms with Crippen LogP contribution in [0.4, 0.5) is 5.69 Å². The number of hydrogen-bond donors (Lipinski definition) is 2. The summed E-state index contributed by atoms with van der Waals surface area (Å²) < 4.78 is 16.0. The van der Waals surface area contributed by atoms with Crippen molar-refractivity contribution in [3.8, 4) is 17.2 Å². The topological polar surface area (TPSA) is 172 Å². The van der Waals surface area contributed by atoms with Crippen LogP contribution in [-0.4, -0.2) is 59.6 Å². The molecule has 1 aliphatic carbocycles. The van der Waals surface area contributed by atoms with E-state index < -0.39 is 52.0 Å². The molecular formula is C44H40ClN7O8. The van der Waals surface area contributed by atoms with Gasteiger partial charge in [0.05, 0.1) is 54.9 Å². The van der Waals surface area contributed by atoms with Gasteiger partial charge >= 0.3 is 11.4 Å². The minimum atomic E-state index is -1.61. The number of amides is 2. The Morgan fingerprint density at radius 3 is 2.35 bits per heavy atom. The van der Waals surface area contributed by atoms with Crippen LogP contribution >= 0.6 is 11.6 Å². The molecule has 6 aromatic rings. The van der Waals surface area contributed by atoms with Crippen LogP contribution in [-0.2, 0) is 41.6 Å². The fourth-order valence-corrected chi connectivity index (χ4v) is 9.62. The number of ether oxygens (including phenoxy) is 2. The number of aromatic nitrogens is 5. The Hall–Kier alpha value is -6.87. The molecule has 1 saturated heterocycles. The minimum absolute atomic E-state index is 0.0311. The Morgan fingerprint density at radius 1 is 0.917 bits per heavy atom. The number of nitrogens with one attached hydrogen (secondary N) is 1. The number of benzene rings is 4. The third kappa shape index (κ3) is 5.70. The van der Waals surface area contributed by atoms with Crippen LogP contribution in [0.15, 0.2) is 111 Å². The fourth-order valence-electron chi connectivity index (χ4n) is 9.44. The van der Waals surface area contributed by atoms with E-state index >= 15 is 4.79 Å². The van der Waals surface area contributed by atoms with Gasteiger partial charge in [0.2, 0.25) is 0 Å². The third-order valence-corrected chi connectivity index (χ3v) is 12.5. The zero-order chi connectivity index (χ0) is 42.2. The number of phenolic OH excluding ortho intramolecular Hbond substituents is 1. The Kier molecular flexibility index (Phi) is 9.30. The molecule has 0 spiro atoms. The van der Waals surface area contributed by atoms with Gasteiger partial charge in [-0.1, -0.05) is 65.7 Å². The molecule has 4 aromatic carbocycles. The molecular weight excluding hydrogens is 790 g/mol. The summed E-state index contributed by atoms with van der Waals surface area (Å²) in [5, 5.41) is 12.9. The minimum Gasteiger partial charge on any atom is -0.508 e. The van der Waals surface area contributed by atoms with Crippen LogP contribution in [0.25, 0.3) is 11.0 Å². The van der Waals surface area contributed by atoms with Crippen molar-refractivity contribution in [2.75, 3.05) is 19.6 Å². The smallest absolute Gasteiger partial charge is 0.347 e. The molecule has 2 N–H and O–H groups in total. The van der Waals surface area contributed by atoms with Gasteiger partial charge in [-0.2, -0.15) is 5.01 Å². The first-order valence-electron chi connectivity index (χ1n) is 19.4. The average molecular weight is 830 g/mol. The Bertz CT molecular complexity index is 2970. The number of allylic oxidation sites excluding steroid dienone is 2. The molecule has 4 unspecified atom stereocenters. The van der Waals surface area contributed by atoms with E-state index in [0.29, 0.717) is 49.9 Å². The van der Waals surface area contributed by atoms with E-state index in [2.05, 4.69) is 10.4 Å². The van der Waals surface area contributed by atoms with Crippen molar-refractivity contribution in [1.82, 2.24) is 28.5 Å². The van der Waals surface area contributed by atoms with Crippen molar-refractivity contribution in [2.45, 2.75) is 50.2 Å². The third-order valence-electron chi connectivity index (χ3n) is 12.3. The molecule has 16 heteroatoms. The van der Waals surface area contributed by atoms with E-state index in [4.69, 9.17) is 21.1 Å². The van der Waals surface area contributed by atoms with Gasteiger partial charge < -0.3 is 19.1 Å². The second-order valence-electron chi connectivity index (χ2n) is 15.3. The lowest BCUT2D eigenvalue weighted by molar-refractivity contribution is -0.138. The number of aryl methyl sites for hydroxylation is 3. The first-order chi connectivity index (χ1) is 28.9. The number of methoxy groups -OCH3 is 2. The largest absolute Gasteiger partial charge is 0.508 e. The molecule has 2 aliphatic heterocycles. The highest BCUT2D eigenvalue weighted by Crippen LogP contribution is 2.62. The van der Waals surface area contributed by atoms with Crippen LogP contribution in [0.2, 0.25) is 5.02 Å². The summed E-state index contributed by atoms with van der Waals surface area (Å²) in [4.78, 5) is 77.1. The van der Waals surface area contributed by atoms with Crippen LogP contribution in [0.3, 0.4) is 0 Å². The maximum atomic E-state index is 15.3. The van der Waals surface area contributed by atoms with Crippen LogP contribution < -0.4 is 31.8 Å². The number of aromatic hydroxyl groups is 1. The SMILES string of the molecule is COc1cc2nc(CCn3c(=O)n4n(c3=O)C3CC5C(=O)N(Nc6ccc(C)cc6)C(=O)C5(c5ccccc5)C(c5cc(Cl)ccc5O)C3=CC4)c(=O)n(C)c2cc1OC. The van der Waals surface area contributed by atoms with Crippen LogP contribution in [0, 0.1) is 12.8 Å². The predicted molar refractivity (Wildman–Crippen MR) is 223 cm³/mol. The maximum Gasteiger partial charge on any atom is 0.347 e. The number of halogens is 1. The van der Waals surface area contributed by atoms with Gasteiger partial charge in [0.25, 0.3) is 17.4 Å². The van der Waals surface area contributed by atoms with E-state index in [1.807, 2.05) is 25.1 Å². The molecule has 0 radical (unpaired) electrons. The number of carbonyl (C=O) groups excluding carboxylic acids is 2. The second-order valence-corrected chi connectivity index (χ2v) is 15.8. The zero-order valence-corrected chi connectivity index (χ0v) is 33.8. The number of hydrogen-bond acceptors (Lipinski definition) is 10. The average Bonchev–Trinajstić information content (AvgIpc) is 3.63. The summed E-state index contributed by atoms with van der Waals surface area (Å²) in [6.45, 7) is 1.71. The lowest BCUT2D eigenvalue weighted by Crippen LogP contribution is -2.53. The first kappa shape index (κ1) is 38.6. The number of phenols is 1. The second kappa shape index (κ2) is 14.4. The zero-order valence-electron chi connectivity index (χ0n) is 33.1. The summed E-state index contributed by atoms with van der Waals surface area (Å²) >= 11 is 6.61. The predicted octanol–water partition coefficient (Wildman–Crippen LogP) is 4.60.